The normalized spacial score (nSPS) is 18.1. The van der Waals surface area contributed by atoms with Crippen LogP contribution in [0.25, 0.3) is 0 Å². The van der Waals surface area contributed by atoms with Crippen molar-refractivity contribution in [2.45, 2.75) is 12.8 Å². The van der Waals surface area contributed by atoms with E-state index in [-0.39, 0.29) is 23.3 Å². The quantitative estimate of drug-likeness (QED) is 0.842. The zero-order chi connectivity index (χ0) is 16.1. The van der Waals surface area contributed by atoms with Crippen molar-refractivity contribution >= 4 is 27.7 Å². The monoisotopic (exact) mass is 371 g/mol. The fourth-order valence-electron chi connectivity index (χ4n) is 2.55. The predicted octanol–water partition coefficient (Wildman–Crippen LogP) is 1.52. The van der Waals surface area contributed by atoms with Crippen molar-refractivity contribution in [3.05, 3.63) is 34.1 Å². The Labute approximate surface area is 137 Å². The molecule has 2 rings (SSSR count). The lowest BCUT2D eigenvalue weighted by Gasteiger charge is -2.32. The van der Waals surface area contributed by atoms with Crippen LogP contribution in [0.4, 0.5) is 4.39 Å². The van der Waals surface area contributed by atoms with Crippen molar-refractivity contribution in [2.24, 2.45) is 11.7 Å². The number of halogens is 2. The molecule has 1 aliphatic heterocycles. The maximum atomic E-state index is 13.8. The molecule has 0 aromatic heterocycles. The number of hydrogen-bond donors (Lipinski definition) is 2. The summed E-state index contributed by atoms with van der Waals surface area (Å²) < 4.78 is 14.5. The van der Waals surface area contributed by atoms with E-state index in [1.54, 1.807) is 11.0 Å². The van der Waals surface area contributed by atoms with Gasteiger partial charge >= 0.3 is 0 Å². The van der Waals surface area contributed by atoms with Crippen LogP contribution in [0.2, 0.25) is 0 Å². The second kappa shape index (κ2) is 7.69. The Morgan fingerprint density at radius 1 is 1.45 bits per heavy atom. The lowest BCUT2D eigenvalue weighted by Crippen LogP contribution is -2.46. The minimum Gasteiger partial charge on any atom is -0.355 e. The summed E-state index contributed by atoms with van der Waals surface area (Å²) in [6, 6.07) is 4.27. The molecule has 1 heterocycles. The molecule has 1 saturated heterocycles. The first-order chi connectivity index (χ1) is 10.5. The molecule has 0 bridgehead atoms. The molecular weight excluding hydrogens is 353 g/mol. The molecule has 22 heavy (non-hydrogen) atoms. The van der Waals surface area contributed by atoms with Crippen molar-refractivity contribution in [2.75, 3.05) is 26.2 Å². The number of hydrogen-bond acceptors (Lipinski definition) is 3. The second-order valence-corrected chi connectivity index (χ2v) is 6.21. The van der Waals surface area contributed by atoms with Gasteiger partial charge in [0.25, 0.3) is 5.91 Å². The molecule has 1 fully saturated rings. The molecule has 3 N–H and O–H groups in total. The second-order valence-electron chi connectivity index (χ2n) is 5.29. The number of carbonyl (C=O) groups is 2. The molecule has 0 spiro atoms. The standard InChI is InChI=1S/C15H19BrFN3O2/c16-11-3-4-13(17)12(8-11)15(22)20-7-1-2-10(9-20)14(21)19-6-5-18/h3-4,8,10H,1-2,5-7,9,18H2,(H,19,21). The van der Waals surface area contributed by atoms with Crippen molar-refractivity contribution in [3.63, 3.8) is 0 Å². The summed E-state index contributed by atoms with van der Waals surface area (Å²) in [6.07, 6.45) is 1.45. The van der Waals surface area contributed by atoms with Gasteiger partial charge in [-0.2, -0.15) is 0 Å². The Morgan fingerprint density at radius 3 is 2.95 bits per heavy atom. The molecule has 5 nitrogen and oxygen atoms in total. The average molecular weight is 372 g/mol. The van der Waals surface area contributed by atoms with E-state index < -0.39 is 5.82 Å². The van der Waals surface area contributed by atoms with E-state index >= 15 is 0 Å². The first-order valence-electron chi connectivity index (χ1n) is 7.25. The summed E-state index contributed by atoms with van der Waals surface area (Å²) >= 11 is 3.24. The van der Waals surface area contributed by atoms with Gasteiger partial charge in [-0.3, -0.25) is 9.59 Å². The zero-order valence-corrected chi connectivity index (χ0v) is 13.7. The molecular formula is C15H19BrFN3O2. The topological polar surface area (TPSA) is 75.4 Å². The number of benzene rings is 1. The molecule has 1 aromatic rings. The Kier molecular flexibility index (Phi) is 5.90. The SMILES string of the molecule is NCCNC(=O)C1CCCN(C(=O)c2cc(Br)ccc2F)C1. The minimum absolute atomic E-state index is 0.0254. The third kappa shape index (κ3) is 4.04. The summed E-state index contributed by atoms with van der Waals surface area (Å²) in [6.45, 7) is 1.64. The van der Waals surface area contributed by atoms with Crippen LogP contribution in [-0.4, -0.2) is 42.9 Å². The molecule has 1 aromatic carbocycles. The van der Waals surface area contributed by atoms with Gasteiger partial charge in [0.05, 0.1) is 11.5 Å². The Morgan fingerprint density at radius 2 is 2.23 bits per heavy atom. The molecule has 1 unspecified atom stereocenters. The number of nitrogens with two attached hydrogens (primary N) is 1. The summed E-state index contributed by atoms with van der Waals surface area (Å²) in [7, 11) is 0. The molecule has 2 amide bonds. The highest BCUT2D eigenvalue weighted by Crippen LogP contribution is 2.22. The van der Waals surface area contributed by atoms with Crippen molar-refractivity contribution in [1.29, 1.82) is 0 Å². The van der Waals surface area contributed by atoms with E-state index in [2.05, 4.69) is 21.2 Å². The molecule has 120 valence electrons. The van der Waals surface area contributed by atoms with Gasteiger partial charge in [-0.25, -0.2) is 4.39 Å². The number of nitrogens with zero attached hydrogens (tertiary/aromatic N) is 1. The Bertz CT molecular complexity index is 568. The van der Waals surface area contributed by atoms with Gasteiger partial charge in [-0.15, -0.1) is 0 Å². The molecule has 0 saturated carbocycles. The largest absolute Gasteiger partial charge is 0.355 e. The van der Waals surface area contributed by atoms with E-state index in [1.807, 2.05) is 0 Å². The number of carbonyl (C=O) groups excluding carboxylic acids is 2. The lowest BCUT2D eigenvalue weighted by atomic mass is 9.96. The number of nitrogens with one attached hydrogen (secondary N) is 1. The van der Waals surface area contributed by atoms with Crippen LogP contribution in [0.15, 0.2) is 22.7 Å². The summed E-state index contributed by atoms with van der Waals surface area (Å²) in [5, 5.41) is 2.74. The van der Waals surface area contributed by atoms with Crippen LogP contribution in [0.3, 0.4) is 0 Å². The van der Waals surface area contributed by atoms with Crippen molar-refractivity contribution in [3.8, 4) is 0 Å². The Balaban J connectivity index is 2.07. The number of amides is 2. The number of piperidine rings is 1. The minimum atomic E-state index is -0.553. The lowest BCUT2D eigenvalue weighted by molar-refractivity contribution is -0.126. The average Bonchev–Trinajstić information content (AvgIpc) is 2.54. The Hall–Kier alpha value is -1.47. The van der Waals surface area contributed by atoms with E-state index in [4.69, 9.17) is 5.73 Å². The van der Waals surface area contributed by atoms with Gasteiger partial charge < -0.3 is 16.0 Å². The van der Waals surface area contributed by atoms with E-state index in [9.17, 15) is 14.0 Å². The summed E-state index contributed by atoms with van der Waals surface area (Å²) in [5.74, 6) is -1.30. The highest BCUT2D eigenvalue weighted by molar-refractivity contribution is 9.10. The van der Waals surface area contributed by atoms with Gasteiger partial charge in [0.2, 0.25) is 5.91 Å². The smallest absolute Gasteiger partial charge is 0.256 e. The van der Waals surface area contributed by atoms with Crippen LogP contribution < -0.4 is 11.1 Å². The molecule has 1 atom stereocenters. The molecule has 1 aliphatic rings. The van der Waals surface area contributed by atoms with Gasteiger partial charge in [-0.1, -0.05) is 15.9 Å². The summed E-state index contributed by atoms with van der Waals surface area (Å²) in [5.41, 5.74) is 5.39. The maximum Gasteiger partial charge on any atom is 0.256 e. The van der Waals surface area contributed by atoms with Crippen LogP contribution in [0, 0.1) is 11.7 Å². The molecule has 0 radical (unpaired) electrons. The zero-order valence-electron chi connectivity index (χ0n) is 12.1. The highest BCUT2D eigenvalue weighted by atomic mass is 79.9. The van der Waals surface area contributed by atoms with E-state index in [1.165, 1.54) is 12.1 Å². The fraction of sp³-hybridized carbons (Fsp3) is 0.467. The predicted molar refractivity (Wildman–Crippen MR) is 84.8 cm³/mol. The van der Waals surface area contributed by atoms with Crippen LogP contribution in [-0.2, 0) is 4.79 Å². The maximum absolute atomic E-state index is 13.8. The van der Waals surface area contributed by atoms with Gasteiger partial charge in [0.1, 0.15) is 5.82 Å². The first-order valence-corrected chi connectivity index (χ1v) is 8.04. The van der Waals surface area contributed by atoms with E-state index in [0.717, 1.165) is 12.8 Å². The van der Waals surface area contributed by atoms with Gasteiger partial charge in [0, 0.05) is 30.7 Å². The fourth-order valence-corrected chi connectivity index (χ4v) is 2.91. The number of rotatable bonds is 4. The van der Waals surface area contributed by atoms with Crippen molar-refractivity contribution in [1.82, 2.24) is 10.2 Å². The van der Waals surface area contributed by atoms with Gasteiger partial charge in [-0.05, 0) is 31.0 Å². The van der Waals surface area contributed by atoms with Crippen LogP contribution in [0.1, 0.15) is 23.2 Å². The number of likely N-dealkylation sites (tertiary alicyclic amines) is 1. The highest BCUT2D eigenvalue weighted by Gasteiger charge is 2.29. The van der Waals surface area contributed by atoms with Crippen molar-refractivity contribution < 1.29 is 14.0 Å². The molecule has 0 aliphatic carbocycles. The van der Waals surface area contributed by atoms with E-state index in [0.29, 0.717) is 30.7 Å². The van der Waals surface area contributed by atoms with Gasteiger partial charge in [0.15, 0.2) is 0 Å². The third-order valence-electron chi connectivity index (χ3n) is 3.68. The molecule has 7 heteroatoms. The summed E-state index contributed by atoms with van der Waals surface area (Å²) in [4.78, 5) is 26.0. The van der Waals surface area contributed by atoms with Crippen LogP contribution in [0.5, 0.6) is 0 Å². The first kappa shape index (κ1) is 16.9. The van der Waals surface area contributed by atoms with Crippen LogP contribution >= 0.6 is 15.9 Å². The third-order valence-corrected chi connectivity index (χ3v) is 4.18.